The first kappa shape index (κ1) is 15.1. The summed E-state index contributed by atoms with van der Waals surface area (Å²) in [7, 11) is 0. The van der Waals surface area contributed by atoms with Gasteiger partial charge in [-0.3, -0.25) is 10.1 Å². The Morgan fingerprint density at radius 3 is 2.62 bits per heavy atom. The van der Waals surface area contributed by atoms with Gasteiger partial charge in [0.25, 0.3) is 5.69 Å². The van der Waals surface area contributed by atoms with E-state index >= 15 is 0 Å². The van der Waals surface area contributed by atoms with Crippen molar-refractivity contribution in [2.45, 2.75) is 46.1 Å². The molecule has 114 valence electrons. The molecule has 2 aliphatic carbocycles. The normalized spacial score (nSPS) is 33.1. The molecule has 4 nitrogen and oxygen atoms in total. The molecule has 0 aromatic heterocycles. The summed E-state index contributed by atoms with van der Waals surface area (Å²) in [6, 6.07) is 5.77. The van der Waals surface area contributed by atoms with Gasteiger partial charge in [-0.15, -0.1) is 0 Å². The third-order valence-corrected chi connectivity index (χ3v) is 6.59. The van der Waals surface area contributed by atoms with Crippen LogP contribution >= 0.6 is 22.6 Å². The molecule has 1 N–H and O–H groups in total. The number of hydrogen-bond acceptors (Lipinski definition) is 3. The molecule has 0 saturated heterocycles. The van der Waals surface area contributed by atoms with Crippen LogP contribution in [-0.2, 0) is 0 Å². The van der Waals surface area contributed by atoms with E-state index in [0.29, 0.717) is 15.0 Å². The maximum absolute atomic E-state index is 10.9. The third kappa shape index (κ3) is 2.33. The molecule has 2 saturated carbocycles. The minimum absolute atomic E-state index is 0.180. The smallest absolute Gasteiger partial charge is 0.282 e. The largest absolute Gasteiger partial charge is 0.381 e. The Labute approximate surface area is 139 Å². The molecule has 1 aromatic rings. The van der Waals surface area contributed by atoms with Gasteiger partial charge in [0.2, 0.25) is 0 Å². The zero-order valence-corrected chi connectivity index (χ0v) is 14.8. The molecule has 3 unspecified atom stereocenters. The fourth-order valence-corrected chi connectivity index (χ4v) is 5.29. The highest BCUT2D eigenvalue weighted by Gasteiger charge is 2.59. The summed E-state index contributed by atoms with van der Waals surface area (Å²) < 4.78 is 0.689. The predicted octanol–water partition coefficient (Wildman–Crippen LogP) is 4.83. The van der Waals surface area contributed by atoms with Gasteiger partial charge in [-0.2, -0.15) is 0 Å². The molecule has 3 rings (SSSR count). The predicted molar refractivity (Wildman–Crippen MR) is 92.5 cm³/mol. The van der Waals surface area contributed by atoms with Crippen LogP contribution < -0.4 is 5.32 Å². The molecular formula is C16H21IN2O2. The van der Waals surface area contributed by atoms with Gasteiger partial charge in [-0.1, -0.05) is 20.8 Å². The minimum atomic E-state index is -0.325. The Kier molecular flexibility index (Phi) is 3.46. The van der Waals surface area contributed by atoms with Crippen molar-refractivity contribution < 1.29 is 4.92 Å². The lowest BCUT2D eigenvalue weighted by atomic mass is 9.68. The highest BCUT2D eigenvalue weighted by molar-refractivity contribution is 14.1. The molecule has 2 aliphatic rings. The molecule has 1 aromatic carbocycles. The van der Waals surface area contributed by atoms with Gasteiger partial charge in [0.1, 0.15) is 0 Å². The number of halogens is 1. The number of rotatable bonds is 3. The summed E-state index contributed by atoms with van der Waals surface area (Å²) >= 11 is 2.04. The Bertz CT molecular complexity index is 597. The summed E-state index contributed by atoms with van der Waals surface area (Å²) in [6.45, 7) is 7.10. The highest BCUT2D eigenvalue weighted by Crippen LogP contribution is 2.63. The van der Waals surface area contributed by atoms with Crippen LogP contribution in [0, 0.1) is 30.4 Å². The van der Waals surface area contributed by atoms with Crippen LogP contribution in [0.3, 0.4) is 0 Å². The second-order valence-electron chi connectivity index (χ2n) is 7.42. The van der Waals surface area contributed by atoms with E-state index in [1.807, 2.05) is 34.7 Å². The maximum atomic E-state index is 10.9. The van der Waals surface area contributed by atoms with Crippen LogP contribution in [0.1, 0.15) is 40.0 Å². The molecule has 2 fully saturated rings. The lowest BCUT2D eigenvalue weighted by molar-refractivity contribution is -0.385. The fourth-order valence-electron chi connectivity index (χ4n) is 4.57. The highest BCUT2D eigenvalue weighted by atomic mass is 127. The topological polar surface area (TPSA) is 55.2 Å². The summed E-state index contributed by atoms with van der Waals surface area (Å²) in [4.78, 5) is 10.6. The van der Waals surface area contributed by atoms with E-state index in [-0.39, 0.29) is 16.0 Å². The van der Waals surface area contributed by atoms with Crippen LogP contribution in [-0.4, -0.2) is 11.0 Å². The van der Waals surface area contributed by atoms with E-state index in [2.05, 4.69) is 26.1 Å². The lowest BCUT2D eigenvalue weighted by Gasteiger charge is -2.43. The number of nitro groups is 1. The molecule has 5 heteroatoms. The molecule has 3 atom stereocenters. The minimum Gasteiger partial charge on any atom is -0.381 e. The monoisotopic (exact) mass is 400 g/mol. The number of hydrogen-bond donors (Lipinski definition) is 1. The van der Waals surface area contributed by atoms with E-state index in [0.717, 1.165) is 11.6 Å². The average molecular weight is 400 g/mol. The Morgan fingerprint density at radius 2 is 2.10 bits per heavy atom. The SMILES string of the molecule is CC12CCC(C1)C(C)(C)C2Nc1ccc([N+](=O)[O-])c(I)c1. The van der Waals surface area contributed by atoms with Crippen LogP contribution in [0.25, 0.3) is 0 Å². The second kappa shape index (κ2) is 4.83. The van der Waals surface area contributed by atoms with E-state index in [9.17, 15) is 10.1 Å². The van der Waals surface area contributed by atoms with Gasteiger partial charge < -0.3 is 5.32 Å². The van der Waals surface area contributed by atoms with Crippen molar-refractivity contribution in [3.05, 3.63) is 31.9 Å². The van der Waals surface area contributed by atoms with E-state index in [1.165, 1.54) is 19.3 Å². The molecular weight excluding hydrogens is 379 g/mol. The number of nitro benzene ring substituents is 1. The van der Waals surface area contributed by atoms with Crippen molar-refractivity contribution in [3.63, 3.8) is 0 Å². The van der Waals surface area contributed by atoms with Crippen molar-refractivity contribution in [1.82, 2.24) is 0 Å². The second-order valence-corrected chi connectivity index (χ2v) is 8.58. The van der Waals surface area contributed by atoms with E-state index < -0.39 is 0 Å². The Morgan fingerprint density at radius 1 is 1.38 bits per heavy atom. The van der Waals surface area contributed by atoms with Crippen LogP contribution in [0.15, 0.2) is 18.2 Å². The summed E-state index contributed by atoms with van der Waals surface area (Å²) in [5.74, 6) is 0.789. The van der Waals surface area contributed by atoms with Crippen molar-refractivity contribution in [2.24, 2.45) is 16.7 Å². The molecule has 0 heterocycles. The Balaban J connectivity index is 1.87. The van der Waals surface area contributed by atoms with Crippen molar-refractivity contribution in [3.8, 4) is 0 Å². The molecule has 0 radical (unpaired) electrons. The van der Waals surface area contributed by atoms with Crippen LogP contribution in [0.4, 0.5) is 11.4 Å². The number of nitrogens with zero attached hydrogens (tertiary/aromatic N) is 1. The van der Waals surface area contributed by atoms with Crippen molar-refractivity contribution in [1.29, 1.82) is 0 Å². The van der Waals surface area contributed by atoms with Crippen LogP contribution in [0.2, 0.25) is 0 Å². The van der Waals surface area contributed by atoms with Crippen molar-refractivity contribution >= 4 is 34.0 Å². The zero-order valence-electron chi connectivity index (χ0n) is 12.6. The first-order chi connectivity index (χ1) is 9.74. The molecule has 2 bridgehead atoms. The number of nitrogens with one attached hydrogen (secondary N) is 1. The summed E-state index contributed by atoms with van der Waals surface area (Å²) in [5.41, 5.74) is 1.80. The number of benzene rings is 1. The molecule has 0 aliphatic heterocycles. The van der Waals surface area contributed by atoms with Gasteiger partial charge in [-0.25, -0.2) is 0 Å². The quantitative estimate of drug-likeness (QED) is 0.450. The first-order valence-electron chi connectivity index (χ1n) is 7.44. The standard InChI is InChI=1S/C16H21IN2O2/c1-15(2)10-6-7-16(3,9-10)14(15)18-11-4-5-13(19(20)21)12(17)8-11/h4-5,8,10,14,18H,6-7,9H2,1-3H3. The first-order valence-corrected chi connectivity index (χ1v) is 8.52. The third-order valence-electron chi connectivity index (χ3n) is 5.73. The van der Waals surface area contributed by atoms with Gasteiger partial charge in [-0.05, 0) is 70.7 Å². The van der Waals surface area contributed by atoms with Gasteiger partial charge in [0.15, 0.2) is 0 Å². The number of anilines is 1. The Hall–Kier alpha value is -0.850. The molecule has 21 heavy (non-hydrogen) atoms. The van der Waals surface area contributed by atoms with Gasteiger partial charge >= 0.3 is 0 Å². The molecule has 0 spiro atoms. The average Bonchev–Trinajstić information content (AvgIpc) is 2.85. The van der Waals surface area contributed by atoms with E-state index in [4.69, 9.17) is 0 Å². The maximum Gasteiger partial charge on any atom is 0.282 e. The summed E-state index contributed by atoms with van der Waals surface area (Å²) in [6.07, 6.45) is 3.91. The van der Waals surface area contributed by atoms with Crippen molar-refractivity contribution in [2.75, 3.05) is 5.32 Å². The molecule has 0 amide bonds. The summed E-state index contributed by atoms with van der Waals surface area (Å²) in [5, 5.41) is 14.6. The number of fused-ring (bicyclic) bond motifs is 2. The van der Waals surface area contributed by atoms with E-state index in [1.54, 1.807) is 6.07 Å². The van der Waals surface area contributed by atoms with Gasteiger partial charge in [0, 0.05) is 17.8 Å². The zero-order chi connectivity index (χ0) is 15.4. The lowest BCUT2D eigenvalue weighted by Crippen LogP contribution is -2.45. The van der Waals surface area contributed by atoms with Crippen LogP contribution in [0.5, 0.6) is 0 Å². The van der Waals surface area contributed by atoms with Gasteiger partial charge in [0.05, 0.1) is 8.49 Å². The fraction of sp³-hybridized carbons (Fsp3) is 0.625.